The van der Waals surface area contributed by atoms with Crippen molar-refractivity contribution in [2.24, 2.45) is 0 Å². The summed E-state index contributed by atoms with van der Waals surface area (Å²) < 4.78 is 16.3. The van der Waals surface area contributed by atoms with Gasteiger partial charge in [0.2, 0.25) is 0 Å². The lowest BCUT2D eigenvalue weighted by Gasteiger charge is -2.10. The van der Waals surface area contributed by atoms with Gasteiger partial charge in [-0.15, -0.1) is 0 Å². The SMILES string of the molecule is COc1cccc(OCCCOc2c(Cl)cccc2Cl)c1. The molecule has 2 rings (SSSR count). The van der Waals surface area contributed by atoms with Crippen LogP contribution in [0.3, 0.4) is 0 Å². The van der Waals surface area contributed by atoms with Crippen LogP contribution in [0.2, 0.25) is 10.0 Å². The van der Waals surface area contributed by atoms with Crippen molar-refractivity contribution in [2.75, 3.05) is 20.3 Å². The molecule has 0 aromatic heterocycles. The fourth-order valence-corrected chi connectivity index (χ4v) is 2.24. The minimum Gasteiger partial charge on any atom is -0.497 e. The molecule has 0 bridgehead atoms. The van der Waals surface area contributed by atoms with Crippen molar-refractivity contribution in [1.29, 1.82) is 0 Å². The third-order valence-electron chi connectivity index (χ3n) is 2.76. The van der Waals surface area contributed by atoms with Gasteiger partial charge >= 0.3 is 0 Å². The second-order valence-electron chi connectivity index (χ2n) is 4.28. The molecule has 3 nitrogen and oxygen atoms in total. The first-order valence-corrected chi connectivity index (χ1v) is 7.30. The Labute approximate surface area is 134 Å². The van der Waals surface area contributed by atoms with Crippen molar-refractivity contribution < 1.29 is 14.2 Å². The van der Waals surface area contributed by atoms with Crippen LogP contribution in [0.1, 0.15) is 6.42 Å². The molecule has 0 heterocycles. The third kappa shape index (κ3) is 4.73. The molecule has 2 aromatic rings. The van der Waals surface area contributed by atoms with Crippen LogP contribution in [0, 0.1) is 0 Å². The predicted octanol–water partition coefficient (Wildman–Crippen LogP) is 4.85. The van der Waals surface area contributed by atoms with Crippen LogP contribution in [0.25, 0.3) is 0 Å². The van der Waals surface area contributed by atoms with Crippen molar-refractivity contribution in [3.05, 3.63) is 52.5 Å². The van der Waals surface area contributed by atoms with Crippen molar-refractivity contribution in [3.63, 3.8) is 0 Å². The first-order valence-electron chi connectivity index (χ1n) is 6.54. The Kier molecular flexibility index (Phi) is 6.03. The average molecular weight is 327 g/mol. The lowest BCUT2D eigenvalue weighted by atomic mass is 10.3. The zero-order valence-electron chi connectivity index (χ0n) is 11.6. The van der Waals surface area contributed by atoms with Gasteiger partial charge in [-0.1, -0.05) is 35.3 Å². The average Bonchev–Trinajstić information content (AvgIpc) is 2.50. The highest BCUT2D eigenvalue weighted by Gasteiger charge is 2.06. The van der Waals surface area contributed by atoms with Gasteiger partial charge in [0.05, 0.1) is 30.4 Å². The molecule has 21 heavy (non-hydrogen) atoms. The van der Waals surface area contributed by atoms with E-state index < -0.39 is 0 Å². The summed E-state index contributed by atoms with van der Waals surface area (Å²) in [6.07, 6.45) is 0.721. The van der Waals surface area contributed by atoms with Crippen molar-refractivity contribution >= 4 is 23.2 Å². The second kappa shape index (κ2) is 8.01. The second-order valence-corrected chi connectivity index (χ2v) is 5.09. The molecule has 0 saturated heterocycles. The van der Waals surface area contributed by atoms with Gasteiger partial charge in [0.15, 0.2) is 5.75 Å². The molecule has 0 unspecified atom stereocenters. The Hall–Kier alpha value is -1.58. The van der Waals surface area contributed by atoms with E-state index in [1.54, 1.807) is 25.3 Å². The van der Waals surface area contributed by atoms with Crippen molar-refractivity contribution in [2.45, 2.75) is 6.42 Å². The summed E-state index contributed by atoms with van der Waals surface area (Å²) in [5, 5.41) is 1.02. The molecule has 0 aliphatic heterocycles. The predicted molar refractivity (Wildman–Crippen MR) is 85.1 cm³/mol. The van der Waals surface area contributed by atoms with Gasteiger partial charge < -0.3 is 14.2 Å². The topological polar surface area (TPSA) is 27.7 Å². The lowest BCUT2D eigenvalue weighted by molar-refractivity contribution is 0.247. The molecule has 2 aromatic carbocycles. The highest BCUT2D eigenvalue weighted by molar-refractivity contribution is 6.37. The molecule has 0 amide bonds. The van der Waals surface area contributed by atoms with Crippen LogP contribution in [0.15, 0.2) is 42.5 Å². The summed E-state index contributed by atoms with van der Waals surface area (Å²) >= 11 is 12.0. The first-order chi connectivity index (χ1) is 10.2. The summed E-state index contributed by atoms with van der Waals surface area (Å²) in [6, 6.07) is 12.7. The van der Waals surface area contributed by atoms with Crippen molar-refractivity contribution in [1.82, 2.24) is 0 Å². The van der Waals surface area contributed by atoms with Gasteiger partial charge in [0.25, 0.3) is 0 Å². The van der Waals surface area contributed by atoms with E-state index in [1.807, 2.05) is 24.3 Å². The number of hydrogen-bond acceptors (Lipinski definition) is 3. The fraction of sp³-hybridized carbons (Fsp3) is 0.250. The van der Waals surface area contributed by atoms with E-state index >= 15 is 0 Å². The van der Waals surface area contributed by atoms with Gasteiger partial charge in [-0.25, -0.2) is 0 Å². The van der Waals surface area contributed by atoms with Gasteiger partial charge in [-0.2, -0.15) is 0 Å². The summed E-state index contributed by atoms with van der Waals surface area (Å²) in [5.74, 6) is 2.05. The van der Waals surface area contributed by atoms with Gasteiger partial charge in [0.1, 0.15) is 11.5 Å². The molecule has 0 N–H and O–H groups in total. The quantitative estimate of drug-likeness (QED) is 0.681. The number of hydrogen-bond donors (Lipinski definition) is 0. The molecule has 0 atom stereocenters. The third-order valence-corrected chi connectivity index (χ3v) is 3.36. The fourth-order valence-electron chi connectivity index (χ4n) is 1.73. The normalized spacial score (nSPS) is 10.2. The van der Waals surface area contributed by atoms with Gasteiger partial charge in [0, 0.05) is 12.5 Å². The van der Waals surface area contributed by atoms with E-state index in [-0.39, 0.29) is 0 Å². The minimum absolute atomic E-state index is 0.480. The number of rotatable bonds is 7. The van der Waals surface area contributed by atoms with Crippen LogP contribution in [0.4, 0.5) is 0 Å². The van der Waals surface area contributed by atoms with Crippen LogP contribution in [-0.4, -0.2) is 20.3 Å². The summed E-state index contributed by atoms with van der Waals surface area (Å²) in [4.78, 5) is 0. The standard InChI is InChI=1S/C16H16Cl2O3/c1-19-12-5-2-6-13(11-12)20-9-4-10-21-16-14(17)7-3-8-15(16)18/h2-3,5-8,11H,4,9-10H2,1H3. The Morgan fingerprint density at radius 1 is 0.857 bits per heavy atom. The van der Waals surface area contributed by atoms with Crippen LogP contribution in [0.5, 0.6) is 17.2 Å². The van der Waals surface area contributed by atoms with E-state index in [9.17, 15) is 0 Å². The molecule has 0 radical (unpaired) electrons. The maximum atomic E-state index is 6.02. The number of para-hydroxylation sites is 1. The molecule has 112 valence electrons. The zero-order chi connectivity index (χ0) is 15.1. The summed E-state index contributed by atoms with van der Waals surface area (Å²) in [7, 11) is 1.63. The molecule has 0 spiro atoms. The number of halogens is 2. The van der Waals surface area contributed by atoms with E-state index in [1.165, 1.54) is 0 Å². The Balaban J connectivity index is 1.75. The number of ether oxygens (including phenoxy) is 3. The van der Waals surface area contributed by atoms with E-state index in [0.29, 0.717) is 29.0 Å². The Morgan fingerprint density at radius 2 is 1.48 bits per heavy atom. The van der Waals surface area contributed by atoms with Crippen LogP contribution < -0.4 is 14.2 Å². The molecular formula is C16H16Cl2O3. The monoisotopic (exact) mass is 326 g/mol. The number of benzene rings is 2. The summed E-state index contributed by atoms with van der Waals surface area (Å²) in [6.45, 7) is 1.02. The van der Waals surface area contributed by atoms with Crippen molar-refractivity contribution in [3.8, 4) is 17.2 Å². The lowest BCUT2D eigenvalue weighted by Crippen LogP contribution is -2.05. The molecule has 0 aliphatic rings. The molecule has 0 fully saturated rings. The Morgan fingerprint density at radius 3 is 2.19 bits per heavy atom. The Bertz CT molecular complexity index is 567. The largest absolute Gasteiger partial charge is 0.497 e. The van der Waals surface area contributed by atoms with E-state index in [2.05, 4.69) is 0 Å². The molecular weight excluding hydrogens is 311 g/mol. The van der Waals surface area contributed by atoms with Gasteiger partial charge in [-0.3, -0.25) is 0 Å². The van der Waals surface area contributed by atoms with E-state index in [4.69, 9.17) is 37.4 Å². The maximum absolute atomic E-state index is 6.02. The van der Waals surface area contributed by atoms with Gasteiger partial charge in [-0.05, 0) is 24.3 Å². The summed E-state index contributed by atoms with van der Waals surface area (Å²) in [5.41, 5.74) is 0. The minimum atomic E-state index is 0.480. The van der Waals surface area contributed by atoms with E-state index in [0.717, 1.165) is 17.9 Å². The molecule has 5 heteroatoms. The highest BCUT2D eigenvalue weighted by atomic mass is 35.5. The molecule has 0 aliphatic carbocycles. The first kappa shape index (κ1) is 15.8. The maximum Gasteiger partial charge on any atom is 0.156 e. The van der Waals surface area contributed by atoms with Crippen LogP contribution in [-0.2, 0) is 0 Å². The molecule has 0 saturated carbocycles. The number of methoxy groups -OCH3 is 1. The smallest absolute Gasteiger partial charge is 0.156 e. The van der Waals surface area contributed by atoms with Crippen LogP contribution >= 0.6 is 23.2 Å². The highest BCUT2D eigenvalue weighted by Crippen LogP contribution is 2.32. The zero-order valence-corrected chi connectivity index (χ0v) is 13.2.